The number of benzene rings is 1. The molecule has 0 N–H and O–H groups in total. The molecule has 0 aromatic heterocycles. The molecule has 2 unspecified atom stereocenters. The number of hydrogen-bond acceptors (Lipinski definition) is 0. The van der Waals surface area contributed by atoms with Crippen molar-refractivity contribution < 1.29 is 0 Å². The molecule has 0 amide bonds. The molecular weight excluding hydrogens is 384 g/mol. The average molecular weight is 399 g/mol. The van der Waals surface area contributed by atoms with E-state index in [1.54, 1.807) is 0 Å². The summed E-state index contributed by atoms with van der Waals surface area (Å²) in [6.45, 7) is 4.53. The Bertz CT molecular complexity index is 323. The Morgan fingerprint density at radius 1 is 1.27 bits per heavy atom. The van der Waals surface area contributed by atoms with E-state index >= 15 is 0 Å². The van der Waals surface area contributed by atoms with Crippen molar-refractivity contribution in [3.8, 4) is 0 Å². The summed E-state index contributed by atoms with van der Waals surface area (Å²) in [5.41, 5.74) is 1.32. The van der Waals surface area contributed by atoms with Crippen LogP contribution in [0.2, 0.25) is 0 Å². The lowest BCUT2D eigenvalue weighted by atomic mass is 9.99. The molecule has 0 nitrogen and oxygen atoms in total. The summed E-state index contributed by atoms with van der Waals surface area (Å²) in [5.74, 6) is 0.750. The van der Waals surface area contributed by atoms with Crippen LogP contribution in [0.25, 0.3) is 0 Å². The summed E-state index contributed by atoms with van der Waals surface area (Å²) in [7, 11) is 0. The molecule has 84 valence electrons. The maximum absolute atomic E-state index is 3.76. The molecule has 15 heavy (non-hydrogen) atoms. The molecule has 1 aromatic rings. The monoisotopic (exact) mass is 396 g/mol. The average Bonchev–Trinajstić information content (AvgIpc) is 2.21. The zero-order valence-corrected chi connectivity index (χ0v) is 13.7. The largest absolute Gasteiger partial charge is 0.0838 e. The molecule has 0 aliphatic heterocycles. The van der Waals surface area contributed by atoms with Gasteiger partial charge in [-0.3, -0.25) is 0 Å². The van der Waals surface area contributed by atoms with Crippen LogP contribution < -0.4 is 0 Å². The molecule has 0 fully saturated rings. The van der Waals surface area contributed by atoms with Gasteiger partial charge in [0.05, 0.1) is 0 Å². The first-order valence-corrected chi connectivity index (χ1v) is 7.63. The van der Waals surface area contributed by atoms with Gasteiger partial charge in [0, 0.05) is 13.8 Å². The molecule has 0 saturated carbocycles. The lowest BCUT2D eigenvalue weighted by molar-refractivity contribution is 0.514. The Labute approximate surface area is 117 Å². The summed E-state index contributed by atoms with van der Waals surface area (Å²) in [4.78, 5) is 0.430. The number of halogens is 3. The smallest absolute Gasteiger partial charge is 0.0409 e. The van der Waals surface area contributed by atoms with Gasteiger partial charge in [0.15, 0.2) is 0 Å². The molecule has 0 heterocycles. The van der Waals surface area contributed by atoms with E-state index in [1.165, 1.54) is 22.9 Å². The molecule has 3 heteroatoms. The number of rotatable bonds is 4. The lowest BCUT2D eigenvalue weighted by Gasteiger charge is -2.16. The van der Waals surface area contributed by atoms with Crippen LogP contribution in [-0.2, 0) is 0 Å². The van der Waals surface area contributed by atoms with Gasteiger partial charge in [-0.15, -0.1) is 0 Å². The Kier molecular flexibility index (Phi) is 5.86. The predicted octanol–water partition coefficient (Wildman–Crippen LogP) is 6.08. The van der Waals surface area contributed by atoms with Crippen LogP contribution in [0, 0.1) is 5.92 Å². The molecule has 0 bridgehead atoms. The van der Waals surface area contributed by atoms with Gasteiger partial charge in [-0.25, -0.2) is 0 Å². The first kappa shape index (κ1) is 13.7. The van der Waals surface area contributed by atoms with Gasteiger partial charge in [-0.05, 0) is 36.1 Å². The third-order valence-electron chi connectivity index (χ3n) is 2.60. The standard InChI is InChI=1S/C12H15Br3/c1-3-8(2)6-12(15)10-7-9(13)4-5-11(10)14/h4-5,7-8,12H,3,6H2,1-2H3. The minimum Gasteiger partial charge on any atom is -0.0838 e. The SMILES string of the molecule is CCC(C)CC(Br)c1cc(Br)ccc1Br. The van der Waals surface area contributed by atoms with E-state index in [9.17, 15) is 0 Å². The highest BCUT2D eigenvalue weighted by Crippen LogP contribution is 2.36. The molecule has 1 rings (SSSR count). The van der Waals surface area contributed by atoms with Gasteiger partial charge >= 0.3 is 0 Å². The molecule has 0 radical (unpaired) electrons. The van der Waals surface area contributed by atoms with E-state index in [2.05, 4.69) is 79.8 Å². The zero-order valence-electron chi connectivity index (χ0n) is 8.93. The van der Waals surface area contributed by atoms with Crippen LogP contribution in [0.5, 0.6) is 0 Å². The fourth-order valence-corrected chi connectivity index (χ4v) is 3.63. The van der Waals surface area contributed by atoms with E-state index in [0.29, 0.717) is 4.83 Å². The van der Waals surface area contributed by atoms with E-state index in [4.69, 9.17) is 0 Å². The van der Waals surface area contributed by atoms with Crippen molar-refractivity contribution in [1.82, 2.24) is 0 Å². The summed E-state index contributed by atoms with van der Waals surface area (Å²) >= 11 is 10.9. The first-order chi connectivity index (χ1) is 7.04. The second-order valence-electron chi connectivity index (χ2n) is 3.88. The molecule has 0 aliphatic rings. The van der Waals surface area contributed by atoms with Crippen LogP contribution in [-0.4, -0.2) is 0 Å². The predicted molar refractivity (Wildman–Crippen MR) is 77.6 cm³/mol. The van der Waals surface area contributed by atoms with Crippen molar-refractivity contribution in [2.75, 3.05) is 0 Å². The second-order valence-corrected chi connectivity index (χ2v) is 6.76. The normalized spacial score (nSPS) is 15.0. The second kappa shape index (κ2) is 6.41. The quantitative estimate of drug-likeness (QED) is 0.539. The Morgan fingerprint density at radius 2 is 1.93 bits per heavy atom. The third-order valence-corrected chi connectivity index (χ3v) is 4.68. The van der Waals surface area contributed by atoms with Crippen LogP contribution >= 0.6 is 47.8 Å². The maximum atomic E-state index is 3.76. The van der Waals surface area contributed by atoms with Crippen molar-refractivity contribution in [3.63, 3.8) is 0 Å². The van der Waals surface area contributed by atoms with Crippen molar-refractivity contribution in [1.29, 1.82) is 0 Å². The third kappa shape index (κ3) is 4.20. The van der Waals surface area contributed by atoms with Crippen LogP contribution in [0.15, 0.2) is 27.1 Å². The Balaban J connectivity index is 2.80. The first-order valence-electron chi connectivity index (χ1n) is 5.13. The zero-order chi connectivity index (χ0) is 11.4. The van der Waals surface area contributed by atoms with Gasteiger partial charge in [-0.2, -0.15) is 0 Å². The van der Waals surface area contributed by atoms with E-state index < -0.39 is 0 Å². The van der Waals surface area contributed by atoms with Crippen molar-refractivity contribution in [2.24, 2.45) is 5.92 Å². The van der Waals surface area contributed by atoms with Crippen molar-refractivity contribution >= 4 is 47.8 Å². The highest BCUT2D eigenvalue weighted by molar-refractivity contribution is 9.11. The van der Waals surface area contributed by atoms with Gasteiger partial charge in [0.2, 0.25) is 0 Å². The molecule has 0 aliphatic carbocycles. The Morgan fingerprint density at radius 3 is 2.53 bits per heavy atom. The molecule has 2 atom stereocenters. The van der Waals surface area contributed by atoms with Gasteiger partial charge in [-0.1, -0.05) is 68.1 Å². The van der Waals surface area contributed by atoms with Crippen LogP contribution in [0.1, 0.15) is 37.1 Å². The van der Waals surface area contributed by atoms with Crippen molar-refractivity contribution in [3.05, 3.63) is 32.7 Å². The number of hydrogen-bond donors (Lipinski definition) is 0. The van der Waals surface area contributed by atoms with Crippen LogP contribution in [0.3, 0.4) is 0 Å². The topological polar surface area (TPSA) is 0 Å². The highest BCUT2D eigenvalue weighted by Gasteiger charge is 2.14. The van der Waals surface area contributed by atoms with Gasteiger partial charge < -0.3 is 0 Å². The van der Waals surface area contributed by atoms with E-state index in [-0.39, 0.29) is 0 Å². The maximum Gasteiger partial charge on any atom is 0.0409 e. The minimum atomic E-state index is 0.430. The Hall–Kier alpha value is 0.660. The fraction of sp³-hybridized carbons (Fsp3) is 0.500. The van der Waals surface area contributed by atoms with Gasteiger partial charge in [0.1, 0.15) is 0 Å². The van der Waals surface area contributed by atoms with E-state index in [1.807, 2.05) is 0 Å². The molecule has 1 aromatic carbocycles. The van der Waals surface area contributed by atoms with Gasteiger partial charge in [0.25, 0.3) is 0 Å². The molecular formula is C12H15Br3. The van der Waals surface area contributed by atoms with Crippen molar-refractivity contribution in [2.45, 2.75) is 31.5 Å². The summed E-state index contributed by atoms with van der Waals surface area (Å²) < 4.78 is 2.31. The molecule has 0 spiro atoms. The van der Waals surface area contributed by atoms with E-state index in [0.717, 1.165) is 10.4 Å². The fourth-order valence-electron chi connectivity index (χ4n) is 1.40. The summed E-state index contributed by atoms with van der Waals surface area (Å²) in [6, 6.07) is 6.31. The lowest BCUT2D eigenvalue weighted by Crippen LogP contribution is -1.99. The minimum absolute atomic E-state index is 0.430. The number of alkyl halides is 1. The van der Waals surface area contributed by atoms with Crippen LogP contribution in [0.4, 0.5) is 0 Å². The summed E-state index contributed by atoms with van der Waals surface area (Å²) in [5, 5.41) is 0. The molecule has 0 saturated heterocycles. The highest BCUT2D eigenvalue weighted by atomic mass is 79.9. The summed E-state index contributed by atoms with van der Waals surface area (Å²) in [6.07, 6.45) is 2.40.